The zero-order chi connectivity index (χ0) is 21.1. The van der Waals surface area contributed by atoms with Gasteiger partial charge in [0.25, 0.3) is 0 Å². The van der Waals surface area contributed by atoms with Crippen molar-refractivity contribution in [2.75, 3.05) is 7.05 Å². The molecule has 3 aromatic carbocycles. The number of para-hydroxylation sites is 1. The Kier molecular flexibility index (Phi) is 5.72. The van der Waals surface area contributed by atoms with Crippen LogP contribution in [0.25, 0.3) is 5.69 Å². The van der Waals surface area contributed by atoms with Crippen LogP contribution in [0.4, 0.5) is 0 Å². The summed E-state index contributed by atoms with van der Waals surface area (Å²) >= 11 is 0. The van der Waals surface area contributed by atoms with Crippen LogP contribution in [-0.2, 0) is 6.54 Å². The first kappa shape index (κ1) is 20.0. The van der Waals surface area contributed by atoms with E-state index in [1.807, 2.05) is 22.9 Å². The maximum Gasteiger partial charge on any atom is 0.178 e. The summed E-state index contributed by atoms with van der Waals surface area (Å²) in [6.45, 7) is 7.18. The van der Waals surface area contributed by atoms with Gasteiger partial charge in [0, 0.05) is 6.54 Å². The summed E-state index contributed by atoms with van der Waals surface area (Å²) in [4.78, 5) is 2.31. The second kappa shape index (κ2) is 8.59. The molecule has 0 aliphatic carbocycles. The van der Waals surface area contributed by atoms with Crippen LogP contribution in [0.5, 0.6) is 0 Å². The number of hydrogen-bond donors (Lipinski definition) is 0. The molecule has 152 valence electrons. The molecule has 0 saturated carbocycles. The average Bonchev–Trinajstić information content (AvgIpc) is 3.20. The molecule has 0 spiro atoms. The molecule has 0 unspecified atom stereocenters. The van der Waals surface area contributed by atoms with Gasteiger partial charge in [-0.15, -0.1) is 5.10 Å². The van der Waals surface area contributed by atoms with Crippen molar-refractivity contribution in [3.8, 4) is 5.69 Å². The summed E-state index contributed by atoms with van der Waals surface area (Å²) in [7, 11) is 2.13. The summed E-state index contributed by atoms with van der Waals surface area (Å²) in [5.74, 6) is 0.808. The van der Waals surface area contributed by atoms with Crippen LogP contribution in [0.15, 0.2) is 72.8 Å². The van der Waals surface area contributed by atoms with E-state index in [-0.39, 0.29) is 6.04 Å². The Morgan fingerprint density at radius 1 is 0.867 bits per heavy atom. The van der Waals surface area contributed by atoms with Gasteiger partial charge in [-0.05, 0) is 66.6 Å². The quantitative estimate of drug-likeness (QED) is 0.468. The highest BCUT2D eigenvalue weighted by Crippen LogP contribution is 2.29. The molecule has 1 aromatic heterocycles. The summed E-state index contributed by atoms with van der Waals surface area (Å²) in [6, 6.07) is 25.2. The Labute approximate surface area is 178 Å². The molecule has 5 heteroatoms. The molecular formula is C25H27N5. The first-order chi connectivity index (χ1) is 14.5. The molecule has 0 amide bonds. The van der Waals surface area contributed by atoms with Crippen molar-refractivity contribution < 1.29 is 0 Å². The summed E-state index contributed by atoms with van der Waals surface area (Å²) in [5, 5.41) is 12.9. The average molecular weight is 398 g/mol. The number of aromatic nitrogens is 4. The van der Waals surface area contributed by atoms with E-state index in [0.717, 1.165) is 29.2 Å². The van der Waals surface area contributed by atoms with Crippen LogP contribution >= 0.6 is 0 Å². The minimum atomic E-state index is -0.0819. The van der Waals surface area contributed by atoms with Gasteiger partial charge in [0.1, 0.15) is 0 Å². The molecule has 30 heavy (non-hydrogen) atoms. The van der Waals surface area contributed by atoms with Gasteiger partial charge in [-0.3, -0.25) is 4.90 Å². The topological polar surface area (TPSA) is 46.8 Å². The molecule has 0 bridgehead atoms. The minimum absolute atomic E-state index is 0.0819. The fourth-order valence-electron chi connectivity index (χ4n) is 3.96. The zero-order valence-corrected chi connectivity index (χ0v) is 17.9. The normalized spacial score (nSPS) is 12.3. The van der Waals surface area contributed by atoms with Gasteiger partial charge in [-0.2, -0.15) is 4.68 Å². The third kappa shape index (κ3) is 4.02. The summed E-state index contributed by atoms with van der Waals surface area (Å²) < 4.78 is 1.87. The first-order valence-electron chi connectivity index (χ1n) is 10.2. The van der Waals surface area contributed by atoms with E-state index in [0.29, 0.717) is 0 Å². The third-order valence-electron chi connectivity index (χ3n) is 5.56. The number of tetrazole rings is 1. The van der Waals surface area contributed by atoms with Crippen molar-refractivity contribution in [3.05, 3.63) is 106 Å². The Morgan fingerprint density at radius 3 is 2.33 bits per heavy atom. The molecule has 4 aromatic rings. The molecule has 5 nitrogen and oxygen atoms in total. The largest absolute Gasteiger partial charge is 0.288 e. The van der Waals surface area contributed by atoms with Gasteiger partial charge < -0.3 is 0 Å². The van der Waals surface area contributed by atoms with Gasteiger partial charge in [-0.25, -0.2) is 0 Å². The van der Waals surface area contributed by atoms with E-state index in [2.05, 4.69) is 103 Å². The standard InChI is InChI=1S/C25H27N5/c1-18-14-15-22(20(3)16-18)17-29(4)24(21-11-6-5-7-12-21)25-26-27-28-30(25)23-13-9-8-10-19(23)2/h5-16,24H,17H2,1-4H3/t24-/m1/s1. The Hall–Kier alpha value is -3.31. The van der Waals surface area contributed by atoms with Gasteiger partial charge in [0.2, 0.25) is 0 Å². The van der Waals surface area contributed by atoms with Crippen LogP contribution in [-0.4, -0.2) is 32.2 Å². The van der Waals surface area contributed by atoms with E-state index in [1.165, 1.54) is 16.7 Å². The Bertz CT molecular complexity index is 1130. The second-order valence-electron chi connectivity index (χ2n) is 7.89. The van der Waals surface area contributed by atoms with Crippen LogP contribution in [0, 0.1) is 20.8 Å². The zero-order valence-electron chi connectivity index (χ0n) is 17.9. The smallest absolute Gasteiger partial charge is 0.178 e. The first-order valence-corrected chi connectivity index (χ1v) is 10.2. The molecule has 0 radical (unpaired) electrons. The number of rotatable bonds is 6. The van der Waals surface area contributed by atoms with E-state index >= 15 is 0 Å². The Balaban J connectivity index is 1.77. The minimum Gasteiger partial charge on any atom is -0.288 e. The maximum absolute atomic E-state index is 4.47. The molecule has 1 atom stereocenters. The van der Waals surface area contributed by atoms with Crippen molar-refractivity contribution in [2.45, 2.75) is 33.4 Å². The van der Waals surface area contributed by atoms with Crippen molar-refractivity contribution in [3.63, 3.8) is 0 Å². The van der Waals surface area contributed by atoms with Gasteiger partial charge >= 0.3 is 0 Å². The molecule has 0 aliphatic heterocycles. The SMILES string of the molecule is Cc1ccc(CN(C)[C@H](c2ccccc2)c2nnnn2-c2ccccc2C)c(C)c1. The van der Waals surface area contributed by atoms with Crippen LogP contribution in [0.1, 0.15) is 39.7 Å². The van der Waals surface area contributed by atoms with E-state index in [9.17, 15) is 0 Å². The highest BCUT2D eigenvalue weighted by atomic mass is 15.6. The van der Waals surface area contributed by atoms with E-state index in [1.54, 1.807) is 0 Å². The van der Waals surface area contributed by atoms with Crippen molar-refractivity contribution in [1.82, 2.24) is 25.1 Å². The number of aryl methyl sites for hydroxylation is 3. The van der Waals surface area contributed by atoms with Crippen molar-refractivity contribution in [1.29, 1.82) is 0 Å². The lowest BCUT2D eigenvalue weighted by atomic mass is 10.0. The Morgan fingerprint density at radius 2 is 1.60 bits per heavy atom. The van der Waals surface area contributed by atoms with E-state index < -0.39 is 0 Å². The van der Waals surface area contributed by atoms with Crippen LogP contribution in [0.2, 0.25) is 0 Å². The van der Waals surface area contributed by atoms with E-state index in [4.69, 9.17) is 0 Å². The highest BCUT2D eigenvalue weighted by Gasteiger charge is 2.27. The lowest BCUT2D eigenvalue weighted by Gasteiger charge is -2.28. The molecule has 1 heterocycles. The van der Waals surface area contributed by atoms with Crippen molar-refractivity contribution in [2.24, 2.45) is 0 Å². The molecule has 0 N–H and O–H groups in total. The number of hydrogen-bond acceptors (Lipinski definition) is 4. The molecule has 0 saturated heterocycles. The fourth-order valence-corrected chi connectivity index (χ4v) is 3.96. The molecule has 0 aliphatic rings. The third-order valence-corrected chi connectivity index (χ3v) is 5.56. The molecular weight excluding hydrogens is 370 g/mol. The van der Waals surface area contributed by atoms with Gasteiger partial charge in [0.15, 0.2) is 5.82 Å². The number of benzene rings is 3. The fraction of sp³-hybridized carbons (Fsp3) is 0.240. The lowest BCUT2D eigenvalue weighted by Crippen LogP contribution is -2.28. The van der Waals surface area contributed by atoms with Crippen LogP contribution < -0.4 is 0 Å². The lowest BCUT2D eigenvalue weighted by molar-refractivity contribution is 0.258. The predicted molar refractivity (Wildman–Crippen MR) is 120 cm³/mol. The summed E-state index contributed by atoms with van der Waals surface area (Å²) in [6.07, 6.45) is 0. The molecule has 4 rings (SSSR count). The number of nitrogens with zero attached hydrogens (tertiary/aromatic N) is 5. The monoisotopic (exact) mass is 397 g/mol. The van der Waals surface area contributed by atoms with Crippen LogP contribution in [0.3, 0.4) is 0 Å². The second-order valence-corrected chi connectivity index (χ2v) is 7.89. The van der Waals surface area contributed by atoms with Gasteiger partial charge in [0.05, 0.1) is 11.7 Å². The molecule has 0 fully saturated rings. The predicted octanol–water partition coefficient (Wildman–Crippen LogP) is 4.81. The maximum atomic E-state index is 4.47. The summed E-state index contributed by atoms with van der Waals surface area (Å²) in [5.41, 5.74) is 7.18. The van der Waals surface area contributed by atoms with Gasteiger partial charge in [-0.1, -0.05) is 72.3 Å². The van der Waals surface area contributed by atoms with Crippen molar-refractivity contribution >= 4 is 0 Å². The highest BCUT2D eigenvalue weighted by molar-refractivity contribution is 5.41.